The second-order valence-electron chi connectivity index (χ2n) is 7.14. The zero-order chi connectivity index (χ0) is 23.0. The van der Waals surface area contributed by atoms with Crippen LogP contribution in [0.2, 0.25) is 5.02 Å². The molecule has 0 saturated heterocycles. The number of aryl methyl sites for hydroxylation is 1. The van der Waals surface area contributed by atoms with Gasteiger partial charge in [-0.25, -0.2) is 9.78 Å². The van der Waals surface area contributed by atoms with Crippen LogP contribution in [-0.2, 0) is 28.7 Å². The Balaban J connectivity index is 1.45. The Kier molecular flexibility index (Phi) is 5.64. The summed E-state index contributed by atoms with van der Waals surface area (Å²) in [5.41, 5.74) is -0.998. The first-order valence-electron chi connectivity index (χ1n) is 9.50. The molecule has 3 aromatic rings. The van der Waals surface area contributed by atoms with Crippen molar-refractivity contribution in [3.05, 3.63) is 68.7 Å². The number of aromatic nitrogens is 2. The van der Waals surface area contributed by atoms with Crippen molar-refractivity contribution < 1.29 is 27.5 Å². The molecule has 0 unspecified atom stereocenters. The molecule has 0 bridgehead atoms. The van der Waals surface area contributed by atoms with Gasteiger partial charge in [-0.2, -0.15) is 13.2 Å². The van der Waals surface area contributed by atoms with E-state index in [1.54, 1.807) is 4.57 Å². The highest BCUT2D eigenvalue weighted by molar-refractivity contribution is 6.33. The zero-order valence-electron chi connectivity index (χ0n) is 16.3. The van der Waals surface area contributed by atoms with Crippen molar-refractivity contribution in [3.8, 4) is 0 Å². The predicted octanol–water partition coefficient (Wildman–Crippen LogP) is 3.81. The Morgan fingerprint density at radius 3 is 2.72 bits per heavy atom. The molecule has 1 aliphatic heterocycles. The number of carbonyl (C=O) groups is 2. The number of nitrogens with one attached hydrogen (secondary N) is 1. The van der Waals surface area contributed by atoms with Crippen LogP contribution in [0, 0.1) is 0 Å². The summed E-state index contributed by atoms with van der Waals surface area (Å²) in [5, 5.41) is 2.46. The summed E-state index contributed by atoms with van der Waals surface area (Å²) in [7, 11) is 0. The van der Waals surface area contributed by atoms with E-state index in [9.17, 15) is 27.6 Å². The van der Waals surface area contributed by atoms with Gasteiger partial charge < -0.3 is 10.1 Å². The monoisotopic (exact) mass is 465 g/mol. The van der Waals surface area contributed by atoms with E-state index in [-0.39, 0.29) is 21.8 Å². The number of halogens is 4. The number of rotatable bonds is 4. The average Bonchev–Trinajstić information content (AvgIpc) is 3.21. The molecule has 1 N–H and O–H groups in total. The molecule has 4 rings (SSSR count). The molecule has 32 heavy (non-hydrogen) atoms. The maximum Gasteiger partial charge on any atom is 0.416 e. The largest absolute Gasteiger partial charge is 0.452 e. The second-order valence-corrected chi connectivity index (χ2v) is 7.54. The lowest BCUT2D eigenvalue weighted by Gasteiger charge is -2.12. The summed E-state index contributed by atoms with van der Waals surface area (Å²) in [6.07, 6.45) is -3.13. The van der Waals surface area contributed by atoms with E-state index in [1.165, 1.54) is 18.2 Å². The molecular formula is C21H15ClF3N3O4. The van der Waals surface area contributed by atoms with Crippen LogP contribution < -0.4 is 10.9 Å². The normalized spacial score (nSPS) is 13.1. The number of ether oxygens (including phenoxy) is 1. The SMILES string of the molecule is O=C(COC(=O)c1ccc2c(=O)n3c(nc2c1)CCC3)Nc1cc(C(F)(F)F)ccc1Cl. The van der Waals surface area contributed by atoms with Gasteiger partial charge in [0.2, 0.25) is 0 Å². The van der Waals surface area contributed by atoms with Gasteiger partial charge in [-0.3, -0.25) is 14.2 Å². The van der Waals surface area contributed by atoms with E-state index in [0.29, 0.717) is 35.8 Å². The second kappa shape index (κ2) is 8.27. The number of fused-ring (bicyclic) bond motifs is 2. The maximum absolute atomic E-state index is 12.8. The number of esters is 1. The maximum atomic E-state index is 12.8. The van der Waals surface area contributed by atoms with Gasteiger partial charge in [0, 0.05) is 13.0 Å². The summed E-state index contributed by atoms with van der Waals surface area (Å²) in [6, 6.07) is 6.74. The Hall–Kier alpha value is -3.40. The number of alkyl halides is 3. The third-order valence-corrected chi connectivity index (χ3v) is 5.28. The highest BCUT2D eigenvalue weighted by Gasteiger charge is 2.31. The third-order valence-electron chi connectivity index (χ3n) is 4.95. The van der Waals surface area contributed by atoms with Crippen LogP contribution in [0.1, 0.15) is 28.2 Å². The fraction of sp³-hybridized carbons (Fsp3) is 0.238. The van der Waals surface area contributed by atoms with Crippen molar-refractivity contribution in [2.45, 2.75) is 25.6 Å². The summed E-state index contributed by atoms with van der Waals surface area (Å²) < 4.78 is 45.1. The van der Waals surface area contributed by atoms with Crippen LogP contribution in [0.25, 0.3) is 10.9 Å². The Labute approximate surface area is 183 Å². The number of hydrogen-bond acceptors (Lipinski definition) is 5. The molecule has 0 fully saturated rings. The Morgan fingerprint density at radius 1 is 1.19 bits per heavy atom. The first-order valence-corrected chi connectivity index (χ1v) is 9.88. The fourth-order valence-electron chi connectivity index (χ4n) is 3.41. The van der Waals surface area contributed by atoms with E-state index in [1.807, 2.05) is 0 Å². The first kappa shape index (κ1) is 21.8. The molecule has 0 radical (unpaired) electrons. The number of amides is 1. The number of anilines is 1. The van der Waals surface area contributed by atoms with Crippen molar-refractivity contribution in [2.75, 3.05) is 11.9 Å². The van der Waals surface area contributed by atoms with Gasteiger partial charge >= 0.3 is 12.1 Å². The summed E-state index contributed by atoms with van der Waals surface area (Å²) in [6.45, 7) is -0.143. The number of carbonyl (C=O) groups excluding carboxylic acids is 2. The first-order chi connectivity index (χ1) is 15.1. The van der Waals surface area contributed by atoms with Crippen LogP contribution in [0.15, 0.2) is 41.2 Å². The number of nitrogens with zero attached hydrogens (tertiary/aromatic N) is 2. The number of hydrogen-bond donors (Lipinski definition) is 1. The van der Waals surface area contributed by atoms with Gasteiger partial charge in [0.25, 0.3) is 11.5 Å². The van der Waals surface area contributed by atoms with Crippen molar-refractivity contribution in [1.82, 2.24) is 9.55 Å². The summed E-state index contributed by atoms with van der Waals surface area (Å²) in [4.78, 5) is 41.3. The molecule has 0 saturated carbocycles. The van der Waals surface area contributed by atoms with Crippen LogP contribution in [0.3, 0.4) is 0 Å². The molecule has 0 spiro atoms. The van der Waals surface area contributed by atoms with Gasteiger partial charge in [-0.1, -0.05) is 11.6 Å². The summed E-state index contributed by atoms with van der Waals surface area (Å²) in [5.74, 6) is -1.07. The van der Waals surface area contributed by atoms with Crippen LogP contribution >= 0.6 is 11.6 Å². The van der Waals surface area contributed by atoms with Gasteiger partial charge in [-0.05, 0) is 42.8 Å². The third kappa shape index (κ3) is 4.31. The quantitative estimate of drug-likeness (QED) is 0.592. The lowest BCUT2D eigenvalue weighted by Crippen LogP contribution is -2.22. The minimum absolute atomic E-state index is 0.0808. The van der Waals surface area contributed by atoms with Gasteiger partial charge in [0.1, 0.15) is 5.82 Å². The molecule has 166 valence electrons. The van der Waals surface area contributed by atoms with Crippen molar-refractivity contribution in [1.29, 1.82) is 0 Å². The van der Waals surface area contributed by atoms with E-state index in [2.05, 4.69) is 10.3 Å². The van der Waals surface area contributed by atoms with E-state index < -0.39 is 30.2 Å². The lowest BCUT2D eigenvalue weighted by atomic mass is 10.1. The molecule has 2 heterocycles. The molecule has 1 amide bonds. The smallest absolute Gasteiger partial charge is 0.416 e. The standard InChI is InChI=1S/C21H15ClF3N3O4/c22-14-6-4-12(21(23,24)25)9-16(14)27-18(29)10-32-20(31)11-3-5-13-15(8-11)26-17-2-1-7-28(17)19(13)30/h3-6,8-9H,1-2,7,10H2,(H,27,29). The van der Waals surface area contributed by atoms with Gasteiger partial charge in [-0.15, -0.1) is 0 Å². The average molecular weight is 466 g/mol. The van der Waals surface area contributed by atoms with E-state index >= 15 is 0 Å². The molecule has 7 nitrogen and oxygen atoms in total. The molecular weight excluding hydrogens is 451 g/mol. The highest BCUT2D eigenvalue weighted by atomic mass is 35.5. The van der Waals surface area contributed by atoms with Gasteiger partial charge in [0.05, 0.1) is 32.7 Å². The minimum atomic E-state index is -4.61. The molecule has 0 atom stereocenters. The highest BCUT2D eigenvalue weighted by Crippen LogP contribution is 2.33. The predicted molar refractivity (Wildman–Crippen MR) is 110 cm³/mol. The lowest BCUT2D eigenvalue weighted by molar-refractivity contribution is -0.137. The molecule has 2 aromatic carbocycles. The summed E-state index contributed by atoms with van der Waals surface area (Å²) >= 11 is 5.83. The number of benzene rings is 2. The van der Waals surface area contributed by atoms with E-state index in [0.717, 1.165) is 18.6 Å². The Bertz CT molecular complexity index is 1300. The topological polar surface area (TPSA) is 90.3 Å². The molecule has 1 aliphatic rings. The molecule has 1 aromatic heterocycles. The van der Waals surface area contributed by atoms with Crippen molar-refractivity contribution in [3.63, 3.8) is 0 Å². The fourth-order valence-corrected chi connectivity index (χ4v) is 3.57. The van der Waals surface area contributed by atoms with Crippen LogP contribution in [0.5, 0.6) is 0 Å². The molecule has 0 aliphatic carbocycles. The molecule has 11 heteroatoms. The van der Waals surface area contributed by atoms with Crippen molar-refractivity contribution >= 4 is 40.1 Å². The minimum Gasteiger partial charge on any atom is -0.452 e. The Morgan fingerprint density at radius 2 is 1.97 bits per heavy atom. The van der Waals surface area contributed by atoms with Crippen LogP contribution in [-0.4, -0.2) is 28.0 Å². The van der Waals surface area contributed by atoms with E-state index in [4.69, 9.17) is 16.3 Å². The zero-order valence-corrected chi connectivity index (χ0v) is 17.1. The van der Waals surface area contributed by atoms with Crippen molar-refractivity contribution in [2.24, 2.45) is 0 Å². The van der Waals surface area contributed by atoms with Crippen LogP contribution in [0.4, 0.5) is 18.9 Å². The van der Waals surface area contributed by atoms with Gasteiger partial charge in [0.15, 0.2) is 6.61 Å².